The Balaban J connectivity index is 1.93. The molecule has 0 unspecified atom stereocenters. The Morgan fingerprint density at radius 2 is 2.05 bits per heavy atom. The van der Waals surface area contributed by atoms with Crippen LogP contribution in [0.4, 0.5) is 5.13 Å². The van der Waals surface area contributed by atoms with Crippen LogP contribution in [0.1, 0.15) is 24.7 Å². The van der Waals surface area contributed by atoms with Gasteiger partial charge in [-0.2, -0.15) is 0 Å². The molecule has 2 aromatic heterocycles. The van der Waals surface area contributed by atoms with Crippen LogP contribution in [0.3, 0.4) is 0 Å². The van der Waals surface area contributed by atoms with E-state index in [0.717, 1.165) is 41.0 Å². The minimum atomic E-state index is 0.728. The SMILES string of the molecule is CCNc1nnc(Cc2nc3ccccc3n2CC)s1. The summed E-state index contributed by atoms with van der Waals surface area (Å²) in [4.78, 5) is 4.72. The normalized spacial score (nSPS) is 11.1. The fraction of sp³-hybridized carbons (Fsp3) is 0.357. The molecule has 3 aromatic rings. The number of anilines is 1. The maximum atomic E-state index is 4.72. The van der Waals surface area contributed by atoms with Crippen LogP contribution in [-0.4, -0.2) is 26.3 Å². The Hall–Kier alpha value is -1.95. The number of rotatable bonds is 5. The molecular formula is C14H17N5S. The molecule has 0 saturated carbocycles. The van der Waals surface area contributed by atoms with Crippen molar-refractivity contribution in [3.05, 3.63) is 35.1 Å². The van der Waals surface area contributed by atoms with E-state index in [4.69, 9.17) is 4.98 Å². The summed E-state index contributed by atoms with van der Waals surface area (Å²) in [5, 5.41) is 13.4. The number of aryl methyl sites for hydroxylation is 1. The first-order valence-electron chi connectivity index (χ1n) is 6.82. The summed E-state index contributed by atoms with van der Waals surface area (Å²) in [6, 6.07) is 8.23. The maximum Gasteiger partial charge on any atom is 0.205 e. The number of fused-ring (bicyclic) bond motifs is 1. The Bertz CT molecular complexity index is 715. The zero-order chi connectivity index (χ0) is 13.9. The molecule has 1 N–H and O–H groups in total. The van der Waals surface area contributed by atoms with Crippen LogP contribution in [0.25, 0.3) is 11.0 Å². The second kappa shape index (κ2) is 5.58. The van der Waals surface area contributed by atoms with Crippen LogP contribution in [0, 0.1) is 0 Å². The van der Waals surface area contributed by atoms with Gasteiger partial charge in [-0.25, -0.2) is 4.98 Å². The molecule has 104 valence electrons. The Morgan fingerprint density at radius 1 is 1.20 bits per heavy atom. The van der Waals surface area contributed by atoms with Crippen LogP contribution in [0.15, 0.2) is 24.3 Å². The van der Waals surface area contributed by atoms with Crippen molar-refractivity contribution in [1.82, 2.24) is 19.7 Å². The van der Waals surface area contributed by atoms with Gasteiger partial charge in [0.05, 0.1) is 17.5 Å². The minimum absolute atomic E-state index is 0.728. The van der Waals surface area contributed by atoms with E-state index >= 15 is 0 Å². The van der Waals surface area contributed by atoms with Crippen molar-refractivity contribution < 1.29 is 0 Å². The number of benzene rings is 1. The molecule has 0 saturated heterocycles. The van der Waals surface area contributed by atoms with Gasteiger partial charge in [0.15, 0.2) is 0 Å². The van der Waals surface area contributed by atoms with Gasteiger partial charge in [0.1, 0.15) is 10.8 Å². The van der Waals surface area contributed by atoms with Gasteiger partial charge in [-0.3, -0.25) is 0 Å². The molecule has 6 heteroatoms. The van der Waals surface area contributed by atoms with Gasteiger partial charge >= 0.3 is 0 Å². The molecule has 2 heterocycles. The molecule has 0 fully saturated rings. The highest BCUT2D eigenvalue weighted by Crippen LogP contribution is 2.21. The van der Waals surface area contributed by atoms with Crippen LogP contribution in [0.5, 0.6) is 0 Å². The lowest BCUT2D eigenvalue weighted by Crippen LogP contribution is -2.02. The zero-order valence-electron chi connectivity index (χ0n) is 11.6. The number of nitrogens with zero attached hydrogens (tertiary/aromatic N) is 4. The van der Waals surface area contributed by atoms with Crippen molar-refractivity contribution in [3.63, 3.8) is 0 Å². The van der Waals surface area contributed by atoms with Crippen molar-refractivity contribution in [2.75, 3.05) is 11.9 Å². The van der Waals surface area contributed by atoms with Gasteiger partial charge in [-0.05, 0) is 26.0 Å². The van der Waals surface area contributed by atoms with Crippen LogP contribution in [-0.2, 0) is 13.0 Å². The third-order valence-electron chi connectivity index (χ3n) is 3.15. The zero-order valence-corrected chi connectivity index (χ0v) is 12.4. The van der Waals surface area contributed by atoms with Crippen LogP contribution < -0.4 is 5.32 Å². The number of hydrogen-bond acceptors (Lipinski definition) is 5. The third-order valence-corrected chi connectivity index (χ3v) is 4.03. The third kappa shape index (κ3) is 2.38. The van der Waals surface area contributed by atoms with E-state index in [1.165, 1.54) is 5.52 Å². The smallest absolute Gasteiger partial charge is 0.205 e. The number of imidazole rings is 1. The van der Waals surface area contributed by atoms with Crippen molar-refractivity contribution in [3.8, 4) is 0 Å². The largest absolute Gasteiger partial charge is 0.360 e. The van der Waals surface area contributed by atoms with E-state index in [9.17, 15) is 0 Å². The lowest BCUT2D eigenvalue weighted by atomic mass is 10.3. The van der Waals surface area contributed by atoms with Gasteiger partial charge in [0.2, 0.25) is 5.13 Å². The molecule has 0 aliphatic rings. The van der Waals surface area contributed by atoms with Gasteiger partial charge in [0, 0.05) is 13.1 Å². The summed E-state index contributed by atoms with van der Waals surface area (Å²) >= 11 is 1.59. The summed E-state index contributed by atoms with van der Waals surface area (Å²) in [5.74, 6) is 1.05. The van der Waals surface area contributed by atoms with E-state index < -0.39 is 0 Å². The molecular weight excluding hydrogens is 270 g/mol. The van der Waals surface area contributed by atoms with E-state index in [1.807, 2.05) is 12.1 Å². The summed E-state index contributed by atoms with van der Waals surface area (Å²) in [5.41, 5.74) is 2.22. The summed E-state index contributed by atoms with van der Waals surface area (Å²) in [7, 11) is 0. The van der Waals surface area contributed by atoms with Crippen molar-refractivity contribution >= 4 is 27.5 Å². The summed E-state index contributed by atoms with van der Waals surface area (Å²) in [6.45, 7) is 5.97. The molecule has 1 aromatic carbocycles. The highest BCUT2D eigenvalue weighted by Gasteiger charge is 2.12. The average molecular weight is 287 g/mol. The number of para-hydroxylation sites is 2. The topological polar surface area (TPSA) is 55.6 Å². The molecule has 0 amide bonds. The quantitative estimate of drug-likeness (QED) is 0.784. The first-order chi connectivity index (χ1) is 9.81. The molecule has 5 nitrogen and oxygen atoms in total. The maximum absolute atomic E-state index is 4.72. The summed E-state index contributed by atoms with van der Waals surface area (Å²) < 4.78 is 2.24. The van der Waals surface area contributed by atoms with Crippen molar-refractivity contribution in [2.24, 2.45) is 0 Å². The Morgan fingerprint density at radius 3 is 2.85 bits per heavy atom. The van der Waals surface area contributed by atoms with E-state index in [2.05, 4.69) is 46.1 Å². The monoisotopic (exact) mass is 287 g/mol. The standard InChI is InChI=1S/C14H17N5S/c1-3-15-14-18-17-13(20-14)9-12-16-10-7-5-6-8-11(10)19(12)4-2/h5-8H,3-4,9H2,1-2H3,(H,15,18). The van der Waals surface area contributed by atoms with Gasteiger partial charge < -0.3 is 9.88 Å². The Kier molecular flexibility index (Phi) is 3.64. The fourth-order valence-electron chi connectivity index (χ4n) is 2.30. The lowest BCUT2D eigenvalue weighted by Gasteiger charge is -2.03. The van der Waals surface area contributed by atoms with Crippen LogP contribution in [0.2, 0.25) is 0 Å². The van der Waals surface area contributed by atoms with Gasteiger partial charge in [-0.1, -0.05) is 23.5 Å². The first kappa shape index (κ1) is 13.1. The lowest BCUT2D eigenvalue weighted by molar-refractivity contribution is 0.730. The second-order valence-electron chi connectivity index (χ2n) is 4.47. The van der Waals surface area contributed by atoms with Gasteiger partial charge in [0.25, 0.3) is 0 Å². The van der Waals surface area contributed by atoms with Gasteiger partial charge in [-0.15, -0.1) is 10.2 Å². The molecule has 0 bridgehead atoms. The molecule has 3 rings (SSSR count). The molecule has 0 atom stereocenters. The van der Waals surface area contributed by atoms with E-state index in [-0.39, 0.29) is 0 Å². The average Bonchev–Trinajstić information content (AvgIpc) is 3.03. The van der Waals surface area contributed by atoms with E-state index in [0.29, 0.717) is 0 Å². The summed E-state index contributed by atoms with van der Waals surface area (Å²) in [6.07, 6.45) is 0.728. The molecule has 20 heavy (non-hydrogen) atoms. The van der Waals surface area contributed by atoms with Crippen molar-refractivity contribution in [1.29, 1.82) is 0 Å². The molecule has 0 aliphatic heterocycles. The molecule has 0 aliphatic carbocycles. The highest BCUT2D eigenvalue weighted by molar-refractivity contribution is 7.15. The number of aromatic nitrogens is 4. The highest BCUT2D eigenvalue weighted by atomic mass is 32.1. The van der Waals surface area contributed by atoms with Crippen molar-refractivity contribution in [2.45, 2.75) is 26.8 Å². The molecule has 0 radical (unpaired) electrons. The Labute approximate surface area is 121 Å². The van der Waals surface area contributed by atoms with Crippen LogP contribution >= 0.6 is 11.3 Å². The molecule has 0 spiro atoms. The number of hydrogen-bond donors (Lipinski definition) is 1. The predicted octanol–water partition coefficient (Wildman–Crippen LogP) is 2.93. The second-order valence-corrected chi connectivity index (χ2v) is 5.53. The predicted molar refractivity (Wildman–Crippen MR) is 82.3 cm³/mol. The first-order valence-corrected chi connectivity index (χ1v) is 7.63. The van der Waals surface area contributed by atoms with E-state index in [1.54, 1.807) is 11.3 Å². The number of nitrogens with one attached hydrogen (secondary N) is 1. The minimum Gasteiger partial charge on any atom is -0.360 e. The fourth-order valence-corrected chi connectivity index (χ4v) is 3.10.